The molecule has 0 bridgehead atoms. The fourth-order valence-electron chi connectivity index (χ4n) is 4.12. The molecule has 5 heteroatoms. The van der Waals surface area contributed by atoms with Gasteiger partial charge in [-0.3, -0.25) is 9.80 Å². The Labute approximate surface area is 189 Å². The smallest absolute Gasteiger partial charge is 0.119 e. The minimum atomic E-state index is 0.0601. The quantitative estimate of drug-likeness (QED) is 0.559. The average molecular weight is 437 g/mol. The van der Waals surface area contributed by atoms with Crippen LogP contribution in [0.3, 0.4) is 0 Å². The van der Waals surface area contributed by atoms with Crippen LogP contribution in [0.2, 0.25) is 5.02 Å². The molecular weight excluding hydrogens is 408 g/mol. The lowest BCUT2D eigenvalue weighted by molar-refractivity contribution is 0.0977. The van der Waals surface area contributed by atoms with Gasteiger partial charge in [0, 0.05) is 37.7 Å². The van der Waals surface area contributed by atoms with Crippen LogP contribution in [-0.2, 0) is 6.61 Å². The van der Waals surface area contributed by atoms with E-state index in [0.29, 0.717) is 6.61 Å². The van der Waals surface area contributed by atoms with Crippen LogP contribution in [0.25, 0.3) is 0 Å². The van der Waals surface area contributed by atoms with E-state index in [-0.39, 0.29) is 12.6 Å². The molecule has 1 aliphatic rings. The highest BCUT2D eigenvalue weighted by Gasteiger charge is 2.26. The number of nitrogens with zero attached hydrogens (tertiary/aromatic N) is 2. The van der Waals surface area contributed by atoms with Gasteiger partial charge in [-0.1, -0.05) is 66.2 Å². The topological polar surface area (TPSA) is 35.9 Å². The number of ether oxygens (including phenoxy) is 1. The van der Waals surface area contributed by atoms with Crippen molar-refractivity contribution in [2.24, 2.45) is 0 Å². The van der Waals surface area contributed by atoms with E-state index < -0.39 is 0 Å². The summed E-state index contributed by atoms with van der Waals surface area (Å²) in [6.07, 6.45) is 0. The highest BCUT2D eigenvalue weighted by molar-refractivity contribution is 6.30. The first-order valence-electron chi connectivity index (χ1n) is 10.8. The van der Waals surface area contributed by atoms with Crippen LogP contribution in [0.5, 0.6) is 5.75 Å². The summed E-state index contributed by atoms with van der Waals surface area (Å²) in [6.45, 7) is 5.68. The molecule has 1 unspecified atom stereocenters. The molecule has 1 saturated heterocycles. The van der Waals surface area contributed by atoms with Gasteiger partial charge in [0.15, 0.2) is 0 Å². The molecule has 3 aromatic carbocycles. The van der Waals surface area contributed by atoms with Crippen LogP contribution in [0.1, 0.15) is 22.7 Å². The molecule has 162 valence electrons. The third-order valence-corrected chi connectivity index (χ3v) is 6.11. The molecule has 1 atom stereocenters. The zero-order valence-corrected chi connectivity index (χ0v) is 18.4. The first-order chi connectivity index (χ1) is 15.2. The van der Waals surface area contributed by atoms with Crippen LogP contribution in [0, 0.1) is 0 Å². The maximum atomic E-state index is 9.14. The molecule has 0 saturated carbocycles. The van der Waals surface area contributed by atoms with Crippen molar-refractivity contribution in [3.8, 4) is 5.75 Å². The number of aliphatic hydroxyl groups is 1. The van der Waals surface area contributed by atoms with E-state index in [1.807, 2.05) is 36.4 Å². The molecule has 0 aromatic heterocycles. The van der Waals surface area contributed by atoms with Crippen LogP contribution in [0.4, 0.5) is 0 Å². The highest BCUT2D eigenvalue weighted by atomic mass is 35.5. The van der Waals surface area contributed by atoms with E-state index in [2.05, 4.69) is 52.3 Å². The Kier molecular flexibility index (Phi) is 7.60. The Balaban J connectivity index is 1.33. The van der Waals surface area contributed by atoms with Gasteiger partial charge in [-0.25, -0.2) is 0 Å². The SMILES string of the molecule is OCc1ccc(OCCN2CCN(C(c3ccccc3)c3ccc(Cl)cc3)CC2)cc1. The number of piperazine rings is 1. The lowest BCUT2D eigenvalue weighted by atomic mass is 9.96. The van der Waals surface area contributed by atoms with Gasteiger partial charge in [0.05, 0.1) is 12.6 Å². The summed E-state index contributed by atoms with van der Waals surface area (Å²) in [5.41, 5.74) is 3.49. The number of benzene rings is 3. The first kappa shape index (κ1) is 21.8. The van der Waals surface area contributed by atoms with Crippen molar-refractivity contribution in [1.82, 2.24) is 9.80 Å². The molecule has 0 radical (unpaired) electrons. The number of halogens is 1. The van der Waals surface area contributed by atoms with Crippen LogP contribution in [0.15, 0.2) is 78.9 Å². The largest absolute Gasteiger partial charge is 0.492 e. The second kappa shape index (κ2) is 10.8. The number of hydrogen-bond acceptors (Lipinski definition) is 4. The van der Waals surface area contributed by atoms with Crippen molar-refractivity contribution < 1.29 is 9.84 Å². The van der Waals surface area contributed by atoms with Crippen molar-refractivity contribution in [1.29, 1.82) is 0 Å². The summed E-state index contributed by atoms with van der Waals surface area (Å²) in [7, 11) is 0. The molecule has 0 aliphatic carbocycles. The summed E-state index contributed by atoms with van der Waals surface area (Å²) >= 11 is 6.13. The van der Waals surface area contributed by atoms with Gasteiger partial charge in [-0.2, -0.15) is 0 Å². The molecule has 4 nitrogen and oxygen atoms in total. The van der Waals surface area contributed by atoms with E-state index >= 15 is 0 Å². The lowest BCUT2D eigenvalue weighted by Crippen LogP contribution is -2.48. The molecule has 1 fully saturated rings. The molecule has 3 aromatic rings. The molecule has 1 heterocycles. The molecular formula is C26H29ClN2O2. The van der Waals surface area contributed by atoms with Gasteiger partial charge in [0.2, 0.25) is 0 Å². The number of aliphatic hydroxyl groups excluding tert-OH is 1. The Bertz CT molecular complexity index is 924. The van der Waals surface area contributed by atoms with E-state index in [9.17, 15) is 0 Å². The molecule has 0 spiro atoms. The fraction of sp³-hybridized carbons (Fsp3) is 0.308. The second-order valence-corrected chi connectivity index (χ2v) is 8.33. The summed E-state index contributed by atoms with van der Waals surface area (Å²) in [4.78, 5) is 5.02. The van der Waals surface area contributed by atoms with Crippen molar-refractivity contribution >= 4 is 11.6 Å². The lowest BCUT2D eigenvalue weighted by Gasteiger charge is -2.39. The van der Waals surface area contributed by atoms with E-state index in [1.165, 1.54) is 11.1 Å². The van der Waals surface area contributed by atoms with Gasteiger partial charge in [-0.15, -0.1) is 0 Å². The minimum Gasteiger partial charge on any atom is -0.492 e. The maximum absolute atomic E-state index is 9.14. The van der Waals surface area contributed by atoms with Gasteiger partial charge < -0.3 is 9.84 Å². The molecule has 1 aliphatic heterocycles. The Morgan fingerprint density at radius 2 is 1.45 bits per heavy atom. The fourth-order valence-corrected chi connectivity index (χ4v) is 4.25. The number of rotatable bonds is 8. The van der Waals surface area contributed by atoms with E-state index in [0.717, 1.165) is 49.1 Å². The van der Waals surface area contributed by atoms with E-state index in [4.69, 9.17) is 21.4 Å². The van der Waals surface area contributed by atoms with Gasteiger partial charge in [0.1, 0.15) is 12.4 Å². The third kappa shape index (κ3) is 5.86. The van der Waals surface area contributed by atoms with Crippen LogP contribution >= 0.6 is 11.6 Å². The second-order valence-electron chi connectivity index (χ2n) is 7.89. The van der Waals surface area contributed by atoms with Crippen LogP contribution < -0.4 is 4.74 Å². The van der Waals surface area contributed by atoms with Crippen molar-refractivity contribution in [3.05, 3.63) is 101 Å². The molecule has 31 heavy (non-hydrogen) atoms. The zero-order chi connectivity index (χ0) is 21.5. The third-order valence-electron chi connectivity index (χ3n) is 5.86. The van der Waals surface area contributed by atoms with Crippen molar-refractivity contribution in [2.75, 3.05) is 39.3 Å². The number of hydrogen-bond donors (Lipinski definition) is 1. The van der Waals surface area contributed by atoms with Crippen molar-refractivity contribution in [3.63, 3.8) is 0 Å². The van der Waals surface area contributed by atoms with Gasteiger partial charge in [0.25, 0.3) is 0 Å². The predicted octanol–water partition coefficient (Wildman–Crippen LogP) is 4.62. The molecule has 4 rings (SSSR count). The summed E-state index contributed by atoms with van der Waals surface area (Å²) in [5, 5.41) is 9.91. The summed E-state index contributed by atoms with van der Waals surface area (Å²) in [6, 6.07) is 26.8. The Hall–Kier alpha value is -2.37. The normalized spacial score (nSPS) is 16.2. The Morgan fingerprint density at radius 1 is 0.806 bits per heavy atom. The minimum absolute atomic E-state index is 0.0601. The summed E-state index contributed by atoms with van der Waals surface area (Å²) in [5.74, 6) is 0.850. The van der Waals surface area contributed by atoms with Gasteiger partial charge >= 0.3 is 0 Å². The Morgan fingerprint density at radius 3 is 2.10 bits per heavy atom. The molecule has 0 amide bonds. The monoisotopic (exact) mass is 436 g/mol. The summed E-state index contributed by atoms with van der Waals surface area (Å²) < 4.78 is 5.88. The zero-order valence-electron chi connectivity index (χ0n) is 17.7. The average Bonchev–Trinajstić information content (AvgIpc) is 2.83. The van der Waals surface area contributed by atoms with Crippen molar-refractivity contribution in [2.45, 2.75) is 12.6 Å². The molecule has 1 N–H and O–H groups in total. The maximum Gasteiger partial charge on any atom is 0.119 e. The van der Waals surface area contributed by atoms with Gasteiger partial charge in [-0.05, 0) is 41.0 Å². The predicted molar refractivity (Wildman–Crippen MR) is 126 cm³/mol. The van der Waals surface area contributed by atoms with E-state index in [1.54, 1.807) is 0 Å². The van der Waals surface area contributed by atoms with Crippen LogP contribution in [-0.4, -0.2) is 54.2 Å². The standard InChI is InChI=1S/C26H29ClN2O2/c27-24-10-8-23(9-11-24)26(22-4-2-1-3-5-22)29-16-14-28(15-17-29)18-19-31-25-12-6-21(20-30)7-13-25/h1-13,26,30H,14-20H2. The first-order valence-corrected chi connectivity index (χ1v) is 11.2. The highest BCUT2D eigenvalue weighted by Crippen LogP contribution is 2.30.